The third-order valence-corrected chi connectivity index (χ3v) is 3.41. The van der Waals surface area contributed by atoms with Crippen LogP contribution in [0.3, 0.4) is 0 Å². The second-order valence-corrected chi connectivity index (χ2v) is 6.72. The van der Waals surface area contributed by atoms with Crippen LogP contribution < -0.4 is 5.43 Å². The summed E-state index contributed by atoms with van der Waals surface area (Å²) in [5.41, 5.74) is 1.24. The Bertz CT molecular complexity index is 669. The minimum atomic E-state index is -3.33. The second-order valence-electron chi connectivity index (χ2n) is 6.72. The average molecular weight is 353 g/mol. The summed E-state index contributed by atoms with van der Waals surface area (Å²) in [4.78, 5) is 24.7. The van der Waals surface area contributed by atoms with Crippen molar-refractivity contribution in [3.05, 3.63) is 35.9 Å². The zero-order valence-corrected chi connectivity index (χ0v) is 14.4. The summed E-state index contributed by atoms with van der Waals surface area (Å²) in [6, 6.07) is 8.17. The van der Waals surface area contributed by atoms with E-state index in [1.807, 2.05) is 0 Å². The Morgan fingerprint density at radius 3 is 2.44 bits per heavy atom. The quantitative estimate of drug-likeness (QED) is 0.831. The highest BCUT2D eigenvalue weighted by Crippen LogP contribution is 2.26. The van der Waals surface area contributed by atoms with E-state index in [1.165, 1.54) is 0 Å². The Labute approximate surface area is 144 Å². The molecule has 1 N–H and O–H groups in total. The summed E-state index contributed by atoms with van der Waals surface area (Å²) in [5.74, 6) is -3.91. The van der Waals surface area contributed by atoms with Crippen molar-refractivity contribution >= 4 is 17.7 Å². The van der Waals surface area contributed by atoms with E-state index in [0.29, 0.717) is 5.56 Å². The summed E-state index contributed by atoms with van der Waals surface area (Å²) in [7, 11) is 0. The number of hydrogen-bond donors (Lipinski definition) is 1. The molecule has 2 amide bonds. The van der Waals surface area contributed by atoms with Crippen LogP contribution in [0.15, 0.2) is 35.4 Å². The number of benzene rings is 1. The summed E-state index contributed by atoms with van der Waals surface area (Å²) in [6.45, 7) is 4.21. The molecular formula is C17H21F2N3O3. The van der Waals surface area contributed by atoms with E-state index >= 15 is 0 Å². The van der Waals surface area contributed by atoms with Gasteiger partial charge in [-0.2, -0.15) is 13.9 Å². The van der Waals surface area contributed by atoms with Crippen molar-refractivity contribution < 1.29 is 23.1 Å². The maximum atomic E-state index is 14.2. The molecular weight excluding hydrogens is 332 g/mol. The van der Waals surface area contributed by atoms with Crippen molar-refractivity contribution in [1.29, 1.82) is 0 Å². The van der Waals surface area contributed by atoms with Crippen LogP contribution >= 0.6 is 0 Å². The first-order valence-electron chi connectivity index (χ1n) is 7.87. The molecule has 0 bridgehead atoms. The molecule has 8 heteroatoms. The van der Waals surface area contributed by atoms with Crippen LogP contribution in [0.2, 0.25) is 0 Å². The van der Waals surface area contributed by atoms with Gasteiger partial charge < -0.3 is 9.64 Å². The van der Waals surface area contributed by atoms with Crippen molar-refractivity contribution in [1.82, 2.24) is 10.3 Å². The highest BCUT2D eigenvalue weighted by Gasteiger charge is 2.44. The first-order chi connectivity index (χ1) is 11.6. The number of nitrogens with one attached hydrogen (secondary N) is 1. The molecule has 136 valence electrons. The lowest BCUT2D eigenvalue weighted by molar-refractivity contribution is -0.0135. The highest BCUT2D eigenvalue weighted by molar-refractivity contribution is 5.97. The van der Waals surface area contributed by atoms with Gasteiger partial charge in [-0.3, -0.25) is 4.79 Å². The topological polar surface area (TPSA) is 71.0 Å². The molecule has 1 saturated heterocycles. The molecule has 0 aromatic heterocycles. The molecule has 2 rings (SSSR count). The van der Waals surface area contributed by atoms with Crippen molar-refractivity contribution in [2.45, 2.75) is 38.7 Å². The number of halogens is 2. The van der Waals surface area contributed by atoms with Gasteiger partial charge in [0.25, 0.3) is 5.91 Å². The predicted molar refractivity (Wildman–Crippen MR) is 88.7 cm³/mol. The predicted octanol–water partition coefficient (Wildman–Crippen LogP) is 3.05. The molecule has 1 aromatic rings. The molecule has 1 fully saturated rings. The van der Waals surface area contributed by atoms with E-state index in [2.05, 4.69) is 10.5 Å². The fourth-order valence-corrected chi connectivity index (χ4v) is 2.23. The molecule has 0 radical (unpaired) electrons. The fourth-order valence-electron chi connectivity index (χ4n) is 2.23. The van der Waals surface area contributed by atoms with Crippen molar-refractivity contribution in [3.63, 3.8) is 0 Å². The van der Waals surface area contributed by atoms with E-state index < -0.39 is 35.8 Å². The number of amides is 2. The SMILES string of the molecule is CC(C)(C)OC(=O)N1CCC(=NNC(=O)c2ccccc2)C(F)(F)C1. The summed E-state index contributed by atoms with van der Waals surface area (Å²) >= 11 is 0. The van der Waals surface area contributed by atoms with Gasteiger partial charge in [0.2, 0.25) is 0 Å². The van der Waals surface area contributed by atoms with Gasteiger partial charge in [-0.05, 0) is 32.9 Å². The van der Waals surface area contributed by atoms with Crippen LogP contribution in [0.25, 0.3) is 0 Å². The summed E-state index contributed by atoms with van der Waals surface area (Å²) in [5, 5.41) is 3.57. The Morgan fingerprint density at radius 2 is 1.88 bits per heavy atom. The number of likely N-dealkylation sites (tertiary alicyclic amines) is 1. The number of piperidine rings is 1. The van der Waals surface area contributed by atoms with Crippen LogP contribution in [0, 0.1) is 0 Å². The van der Waals surface area contributed by atoms with Gasteiger partial charge in [0.1, 0.15) is 11.3 Å². The molecule has 1 aromatic carbocycles. The van der Waals surface area contributed by atoms with Gasteiger partial charge in [0.05, 0.1) is 6.54 Å². The zero-order valence-electron chi connectivity index (χ0n) is 14.4. The minimum Gasteiger partial charge on any atom is -0.444 e. The van der Waals surface area contributed by atoms with E-state index in [4.69, 9.17) is 4.74 Å². The zero-order chi connectivity index (χ0) is 18.7. The average Bonchev–Trinajstić information content (AvgIpc) is 2.52. The van der Waals surface area contributed by atoms with E-state index in [-0.39, 0.29) is 13.0 Å². The summed E-state index contributed by atoms with van der Waals surface area (Å²) in [6.07, 6.45) is -0.944. The molecule has 0 spiro atoms. The van der Waals surface area contributed by atoms with E-state index in [0.717, 1.165) is 4.90 Å². The van der Waals surface area contributed by atoms with Crippen LogP contribution in [0.4, 0.5) is 13.6 Å². The number of nitrogens with zero attached hydrogens (tertiary/aromatic N) is 2. The number of hydrazone groups is 1. The number of carbonyl (C=O) groups excluding carboxylic acids is 2. The first-order valence-corrected chi connectivity index (χ1v) is 7.87. The fraction of sp³-hybridized carbons (Fsp3) is 0.471. The normalized spacial score (nSPS) is 18.8. The molecule has 25 heavy (non-hydrogen) atoms. The number of alkyl halides is 2. The first kappa shape index (κ1) is 18.8. The molecule has 1 heterocycles. The Hall–Kier alpha value is -2.51. The van der Waals surface area contributed by atoms with E-state index in [9.17, 15) is 18.4 Å². The van der Waals surface area contributed by atoms with Crippen LogP contribution in [-0.2, 0) is 4.74 Å². The monoisotopic (exact) mass is 353 g/mol. The van der Waals surface area contributed by atoms with Crippen molar-refractivity contribution in [3.8, 4) is 0 Å². The summed E-state index contributed by atoms with van der Waals surface area (Å²) < 4.78 is 33.6. The van der Waals surface area contributed by atoms with Crippen molar-refractivity contribution in [2.24, 2.45) is 5.10 Å². The minimum absolute atomic E-state index is 0.0462. The van der Waals surface area contributed by atoms with Crippen LogP contribution in [0.5, 0.6) is 0 Å². The molecule has 0 saturated carbocycles. The van der Waals surface area contributed by atoms with Crippen LogP contribution in [0.1, 0.15) is 37.6 Å². The maximum Gasteiger partial charge on any atom is 0.410 e. The lowest BCUT2D eigenvalue weighted by Gasteiger charge is -2.34. The van der Waals surface area contributed by atoms with Gasteiger partial charge in [0.15, 0.2) is 0 Å². The van der Waals surface area contributed by atoms with Gasteiger partial charge in [0, 0.05) is 18.5 Å². The van der Waals surface area contributed by atoms with Gasteiger partial charge in [-0.25, -0.2) is 10.2 Å². The van der Waals surface area contributed by atoms with Gasteiger partial charge in [-0.1, -0.05) is 18.2 Å². The highest BCUT2D eigenvalue weighted by atomic mass is 19.3. The largest absolute Gasteiger partial charge is 0.444 e. The maximum absolute atomic E-state index is 14.2. The molecule has 0 unspecified atom stereocenters. The van der Waals surface area contributed by atoms with Crippen molar-refractivity contribution in [2.75, 3.05) is 13.1 Å². The Balaban J connectivity index is 2.00. The standard InChI is InChI=1S/C17H21F2N3O3/c1-16(2,3)25-15(24)22-10-9-13(17(18,19)11-22)20-21-14(23)12-7-5-4-6-8-12/h4-8H,9-11H2,1-3H3,(H,21,23). The number of rotatable bonds is 2. The van der Waals surface area contributed by atoms with Gasteiger partial charge >= 0.3 is 12.0 Å². The Morgan fingerprint density at radius 1 is 1.24 bits per heavy atom. The lowest BCUT2D eigenvalue weighted by Crippen LogP contribution is -2.52. The van der Waals surface area contributed by atoms with Crippen LogP contribution in [-0.4, -0.2) is 47.2 Å². The molecule has 6 nitrogen and oxygen atoms in total. The molecule has 0 aliphatic carbocycles. The van der Waals surface area contributed by atoms with Gasteiger partial charge in [-0.15, -0.1) is 0 Å². The number of ether oxygens (including phenoxy) is 1. The van der Waals surface area contributed by atoms with E-state index in [1.54, 1.807) is 51.1 Å². The molecule has 0 atom stereocenters. The smallest absolute Gasteiger partial charge is 0.410 e. The third-order valence-electron chi connectivity index (χ3n) is 3.41. The number of hydrogen-bond acceptors (Lipinski definition) is 4. The number of carbonyl (C=O) groups is 2. The third kappa shape index (κ3) is 5.23. The molecule has 1 aliphatic rings. The molecule has 1 aliphatic heterocycles. The lowest BCUT2D eigenvalue weighted by atomic mass is 10.1. The second kappa shape index (κ2) is 7.16. The Kier molecular flexibility index (Phi) is 5.39.